The molecule has 1 aliphatic heterocycles. The first-order valence-electron chi connectivity index (χ1n) is 6.11. The van der Waals surface area contributed by atoms with E-state index >= 15 is 0 Å². The van der Waals surface area contributed by atoms with Crippen molar-refractivity contribution in [1.82, 2.24) is 0 Å². The highest BCUT2D eigenvalue weighted by atomic mass is 16.5. The molecule has 1 amide bonds. The highest BCUT2D eigenvalue weighted by Gasteiger charge is 2.22. The van der Waals surface area contributed by atoms with Crippen molar-refractivity contribution < 1.29 is 9.53 Å². The summed E-state index contributed by atoms with van der Waals surface area (Å²) in [6.45, 7) is 0. The van der Waals surface area contributed by atoms with Crippen LogP contribution in [-0.2, 0) is 11.2 Å². The van der Waals surface area contributed by atoms with Crippen LogP contribution in [0.4, 0.5) is 11.4 Å². The molecule has 2 aliphatic rings. The number of benzene rings is 1. The van der Waals surface area contributed by atoms with Crippen molar-refractivity contribution in [3.05, 3.63) is 17.7 Å². The van der Waals surface area contributed by atoms with E-state index in [0.29, 0.717) is 17.9 Å². The first kappa shape index (κ1) is 10.4. The average Bonchev–Trinajstić information content (AvgIpc) is 2.87. The van der Waals surface area contributed by atoms with Gasteiger partial charge in [-0.05, 0) is 37.3 Å². The molecule has 1 fully saturated rings. The molecule has 0 aromatic heterocycles. The maximum absolute atomic E-state index is 11.3. The van der Waals surface area contributed by atoms with Crippen LogP contribution in [-0.4, -0.2) is 12.0 Å². The lowest BCUT2D eigenvalue weighted by atomic mass is 10.1. The fraction of sp³-hybridized carbons (Fsp3) is 0.462. The molecule has 3 rings (SSSR count). The van der Waals surface area contributed by atoms with Gasteiger partial charge in [-0.3, -0.25) is 4.79 Å². The fourth-order valence-corrected chi connectivity index (χ4v) is 2.56. The molecule has 0 saturated heterocycles. The second-order valence-corrected chi connectivity index (χ2v) is 4.80. The molecular formula is C13H16N2O2. The van der Waals surface area contributed by atoms with Gasteiger partial charge in [0.25, 0.3) is 0 Å². The lowest BCUT2D eigenvalue weighted by Gasteiger charge is -2.15. The molecule has 17 heavy (non-hydrogen) atoms. The summed E-state index contributed by atoms with van der Waals surface area (Å²) in [6, 6.07) is 3.70. The Hall–Kier alpha value is -1.71. The largest absolute Gasteiger partial charge is 0.488 e. The Morgan fingerprint density at radius 1 is 1.29 bits per heavy atom. The van der Waals surface area contributed by atoms with Gasteiger partial charge in [0.05, 0.1) is 18.2 Å². The molecule has 0 spiro atoms. The number of fused-ring (bicyclic) bond motifs is 1. The molecule has 1 aromatic carbocycles. The summed E-state index contributed by atoms with van der Waals surface area (Å²) in [7, 11) is 0. The zero-order chi connectivity index (χ0) is 11.8. The molecule has 1 aliphatic carbocycles. The minimum absolute atomic E-state index is 0.0254. The zero-order valence-corrected chi connectivity index (χ0v) is 9.66. The van der Waals surface area contributed by atoms with E-state index in [9.17, 15) is 4.79 Å². The van der Waals surface area contributed by atoms with Gasteiger partial charge in [-0.25, -0.2) is 0 Å². The van der Waals surface area contributed by atoms with Gasteiger partial charge in [0.1, 0.15) is 5.75 Å². The minimum Gasteiger partial charge on any atom is -0.488 e. The zero-order valence-electron chi connectivity index (χ0n) is 9.66. The molecule has 90 valence electrons. The van der Waals surface area contributed by atoms with Gasteiger partial charge >= 0.3 is 0 Å². The van der Waals surface area contributed by atoms with Crippen molar-refractivity contribution in [1.29, 1.82) is 0 Å². The summed E-state index contributed by atoms with van der Waals surface area (Å²) in [6.07, 6.45) is 5.36. The number of hydrogen-bond donors (Lipinski definition) is 2. The van der Waals surface area contributed by atoms with Gasteiger partial charge in [0.15, 0.2) is 0 Å². The summed E-state index contributed by atoms with van der Waals surface area (Å²) < 4.78 is 5.89. The van der Waals surface area contributed by atoms with Crippen LogP contribution in [0, 0.1) is 0 Å². The Bertz CT molecular complexity index is 465. The molecule has 3 N–H and O–H groups in total. The summed E-state index contributed by atoms with van der Waals surface area (Å²) in [5.74, 6) is 0.732. The minimum atomic E-state index is 0.0254. The van der Waals surface area contributed by atoms with E-state index < -0.39 is 0 Å². The van der Waals surface area contributed by atoms with Gasteiger partial charge < -0.3 is 15.8 Å². The maximum Gasteiger partial charge on any atom is 0.228 e. The lowest BCUT2D eigenvalue weighted by Crippen LogP contribution is -2.12. The lowest BCUT2D eigenvalue weighted by molar-refractivity contribution is -0.115. The van der Waals surface area contributed by atoms with Crippen LogP contribution < -0.4 is 15.8 Å². The van der Waals surface area contributed by atoms with Gasteiger partial charge in [0, 0.05) is 11.8 Å². The molecule has 0 radical (unpaired) electrons. The van der Waals surface area contributed by atoms with Crippen molar-refractivity contribution in [3.63, 3.8) is 0 Å². The maximum atomic E-state index is 11.3. The Morgan fingerprint density at radius 2 is 2.06 bits per heavy atom. The molecule has 0 atom stereocenters. The number of nitrogens with two attached hydrogens (primary N) is 1. The Kier molecular flexibility index (Phi) is 2.42. The van der Waals surface area contributed by atoms with Crippen LogP contribution >= 0.6 is 0 Å². The first-order chi connectivity index (χ1) is 8.22. The average molecular weight is 232 g/mol. The summed E-state index contributed by atoms with van der Waals surface area (Å²) in [5, 5.41) is 2.82. The predicted molar refractivity (Wildman–Crippen MR) is 66.1 cm³/mol. The molecule has 1 aromatic rings. The highest BCUT2D eigenvalue weighted by Crippen LogP contribution is 2.35. The smallest absolute Gasteiger partial charge is 0.228 e. The topological polar surface area (TPSA) is 64.3 Å². The molecule has 0 unspecified atom stereocenters. The van der Waals surface area contributed by atoms with Crippen LogP contribution in [0.1, 0.15) is 31.2 Å². The van der Waals surface area contributed by atoms with Crippen molar-refractivity contribution in [2.45, 2.75) is 38.2 Å². The van der Waals surface area contributed by atoms with E-state index in [1.165, 1.54) is 12.8 Å². The van der Waals surface area contributed by atoms with E-state index in [1.807, 2.05) is 12.1 Å². The third kappa shape index (κ3) is 1.95. The normalized spacial score (nSPS) is 19.2. The fourth-order valence-electron chi connectivity index (χ4n) is 2.56. The van der Waals surface area contributed by atoms with Crippen LogP contribution in [0.25, 0.3) is 0 Å². The van der Waals surface area contributed by atoms with Crippen molar-refractivity contribution in [3.8, 4) is 5.75 Å². The second kappa shape index (κ2) is 3.95. The molecule has 4 nitrogen and oxygen atoms in total. The summed E-state index contributed by atoms with van der Waals surface area (Å²) in [4.78, 5) is 11.3. The number of nitrogens with one attached hydrogen (secondary N) is 1. The SMILES string of the molecule is Nc1cc2c(cc1OC1CCCC1)NC(=O)C2. The molecule has 1 heterocycles. The van der Waals surface area contributed by atoms with Gasteiger partial charge in [-0.2, -0.15) is 0 Å². The summed E-state index contributed by atoms with van der Waals surface area (Å²) >= 11 is 0. The van der Waals surface area contributed by atoms with Crippen molar-refractivity contribution >= 4 is 17.3 Å². The monoisotopic (exact) mass is 232 g/mol. The third-order valence-corrected chi connectivity index (χ3v) is 3.46. The van der Waals surface area contributed by atoms with Crippen LogP contribution in [0.3, 0.4) is 0 Å². The quantitative estimate of drug-likeness (QED) is 0.767. The van der Waals surface area contributed by atoms with E-state index in [0.717, 1.165) is 24.1 Å². The van der Waals surface area contributed by atoms with Crippen molar-refractivity contribution in [2.24, 2.45) is 0 Å². The van der Waals surface area contributed by atoms with Crippen LogP contribution in [0.5, 0.6) is 5.75 Å². The van der Waals surface area contributed by atoms with E-state index in [2.05, 4.69) is 5.32 Å². The summed E-state index contributed by atoms with van der Waals surface area (Å²) in [5.41, 5.74) is 8.39. The number of hydrogen-bond acceptors (Lipinski definition) is 3. The van der Waals surface area contributed by atoms with Crippen molar-refractivity contribution in [2.75, 3.05) is 11.1 Å². The van der Waals surface area contributed by atoms with Crippen LogP contribution in [0.2, 0.25) is 0 Å². The molecule has 4 heteroatoms. The number of anilines is 2. The Labute approximate surface area is 100 Å². The van der Waals surface area contributed by atoms with Gasteiger partial charge in [-0.1, -0.05) is 0 Å². The molecular weight excluding hydrogens is 216 g/mol. The Balaban J connectivity index is 1.85. The third-order valence-electron chi connectivity index (χ3n) is 3.46. The number of ether oxygens (including phenoxy) is 1. The number of carbonyl (C=O) groups excluding carboxylic acids is 1. The van der Waals surface area contributed by atoms with E-state index in [1.54, 1.807) is 0 Å². The number of amides is 1. The Morgan fingerprint density at radius 3 is 2.82 bits per heavy atom. The van der Waals surface area contributed by atoms with Crippen LogP contribution in [0.15, 0.2) is 12.1 Å². The standard InChI is InChI=1S/C13H16N2O2/c14-10-5-8-6-13(16)15-11(8)7-12(10)17-9-3-1-2-4-9/h5,7,9H,1-4,6,14H2,(H,15,16). The number of carbonyl (C=O) groups is 1. The second-order valence-electron chi connectivity index (χ2n) is 4.80. The highest BCUT2D eigenvalue weighted by molar-refractivity contribution is 6.00. The molecule has 0 bridgehead atoms. The molecule has 1 saturated carbocycles. The van der Waals surface area contributed by atoms with Gasteiger partial charge in [-0.15, -0.1) is 0 Å². The number of rotatable bonds is 2. The predicted octanol–water partition coefficient (Wildman–Crippen LogP) is 2.08. The number of nitrogen functional groups attached to an aromatic ring is 1. The first-order valence-corrected chi connectivity index (χ1v) is 6.11. The van der Waals surface area contributed by atoms with E-state index in [4.69, 9.17) is 10.5 Å². The van der Waals surface area contributed by atoms with Gasteiger partial charge in [0.2, 0.25) is 5.91 Å². The van der Waals surface area contributed by atoms with E-state index in [-0.39, 0.29) is 12.0 Å².